The number of rotatable bonds is 1. The van der Waals surface area contributed by atoms with Gasteiger partial charge in [-0.15, -0.1) is 0 Å². The van der Waals surface area contributed by atoms with Crippen LogP contribution in [0.5, 0.6) is 0 Å². The Hall–Kier alpha value is -1.06. The molecule has 54 valence electrons. The van der Waals surface area contributed by atoms with E-state index in [1.165, 1.54) is 0 Å². The van der Waals surface area contributed by atoms with Crippen molar-refractivity contribution in [1.29, 1.82) is 0 Å². The first kappa shape index (κ1) is 7.05. The molecule has 0 aromatic carbocycles. The summed E-state index contributed by atoms with van der Waals surface area (Å²) in [5.41, 5.74) is 0. The minimum Gasteiger partial charge on any atom is -0.291 e. The fraction of sp³-hybridized carbons (Fsp3) is 0.667. The zero-order chi connectivity index (χ0) is 7.56. The van der Waals surface area contributed by atoms with E-state index in [1.807, 2.05) is 0 Å². The summed E-state index contributed by atoms with van der Waals surface area (Å²) in [7, 11) is 0. The Morgan fingerprint density at radius 2 is 2.10 bits per heavy atom. The molecule has 1 rings (SSSR count). The third-order valence-corrected chi connectivity index (χ3v) is 1.59. The van der Waals surface area contributed by atoms with Crippen molar-refractivity contribution in [3.05, 3.63) is 4.91 Å². The Labute approximate surface area is 57.6 Å². The van der Waals surface area contributed by atoms with Gasteiger partial charge in [-0.25, -0.2) is 0 Å². The molecule has 1 aliphatic carbocycles. The van der Waals surface area contributed by atoms with E-state index < -0.39 is 17.6 Å². The van der Waals surface area contributed by atoms with Crippen molar-refractivity contribution in [3.63, 3.8) is 0 Å². The standard InChI is InChI=1S/C6H7NO3/c8-5-3-1-2-4(7-10)6(5)9/h4H,1-3H2. The van der Waals surface area contributed by atoms with E-state index in [0.29, 0.717) is 12.8 Å². The van der Waals surface area contributed by atoms with Gasteiger partial charge < -0.3 is 0 Å². The smallest absolute Gasteiger partial charge is 0.226 e. The van der Waals surface area contributed by atoms with Crippen molar-refractivity contribution in [2.75, 3.05) is 0 Å². The van der Waals surface area contributed by atoms with Gasteiger partial charge in [-0.2, -0.15) is 4.91 Å². The summed E-state index contributed by atoms with van der Waals surface area (Å²) in [6.07, 6.45) is 1.33. The molecule has 10 heavy (non-hydrogen) atoms. The summed E-state index contributed by atoms with van der Waals surface area (Å²) in [6.45, 7) is 0. The lowest BCUT2D eigenvalue weighted by Gasteiger charge is -2.11. The van der Waals surface area contributed by atoms with Crippen LogP contribution in [-0.2, 0) is 9.59 Å². The Balaban J connectivity index is 2.68. The molecule has 4 nitrogen and oxygen atoms in total. The molecule has 0 aromatic heterocycles. The molecule has 0 heterocycles. The Bertz CT molecular complexity index is 187. The summed E-state index contributed by atoms with van der Waals surface area (Å²) in [5.74, 6) is -1.06. The Morgan fingerprint density at radius 3 is 2.60 bits per heavy atom. The molecule has 0 amide bonds. The van der Waals surface area contributed by atoms with Crippen LogP contribution in [0.3, 0.4) is 0 Å². The fourth-order valence-electron chi connectivity index (χ4n) is 0.997. The van der Waals surface area contributed by atoms with Gasteiger partial charge in [0, 0.05) is 6.42 Å². The van der Waals surface area contributed by atoms with Crippen LogP contribution in [0, 0.1) is 4.91 Å². The summed E-state index contributed by atoms with van der Waals surface area (Å²) in [4.78, 5) is 31.2. The van der Waals surface area contributed by atoms with E-state index in [-0.39, 0.29) is 6.42 Å². The summed E-state index contributed by atoms with van der Waals surface area (Å²) in [6, 6.07) is -0.888. The van der Waals surface area contributed by atoms with Crippen LogP contribution in [-0.4, -0.2) is 17.6 Å². The average Bonchev–Trinajstić information content (AvgIpc) is 1.95. The number of nitrogens with zero attached hydrogens (tertiary/aromatic N) is 1. The maximum absolute atomic E-state index is 10.7. The van der Waals surface area contributed by atoms with Crippen molar-refractivity contribution >= 4 is 11.6 Å². The highest BCUT2D eigenvalue weighted by molar-refractivity contribution is 6.39. The molecule has 1 fully saturated rings. The minimum atomic E-state index is -0.888. The maximum atomic E-state index is 10.7. The molecular formula is C6H7NO3. The van der Waals surface area contributed by atoms with Gasteiger partial charge in [-0.05, 0) is 12.8 Å². The highest BCUT2D eigenvalue weighted by Gasteiger charge is 2.29. The first-order chi connectivity index (χ1) is 4.75. The summed E-state index contributed by atoms with van der Waals surface area (Å²) in [5, 5.41) is 2.56. The van der Waals surface area contributed by atoms with Crippen molar-refractivity contribution < 1.29 is 9.59 Å². The van der Waals surface area contributed by atoms with Gasteiger partial charge in [-0.1, -0.05) is 5.18 Å². The van der Waals surface area contributed by atoms with Crippen LogP contribution in [0.2, 0.25) is 0 Å². The van der Waals surface area contributed by atoms with Crippen molar-refractivity contribution in [2.45, 2.75) is 25.3 Å². The highest BCUT2D eigenvalue weighted by atomic mass is 16.3. The van der Waals surface area contributed by atoms with E-state index in [0.717, 1.165) is 0 Å². The molecule has 0 aliphatic heterocycles. The van der Waals surface area contributed by atoms with Gasteiger partial charge in [0.15, 0.2) is 6.04 Å². The van der Waals surface area contributed by atoms with E-state index in [1.54, 1.807) is 0 Å². The van der Waals surface area contributed by atoms with Gasteiger partial charge in [0.25, 0.3) is 0 Å². The monoisotopic (exact) mass is 141 g/mol. The zero-order valence-electron chi connectivity index (χ0n) is 5.37. The second-order valence-corrected chi connectivity index (χ2v) is 2.30. The average molecular weight is 141 g/mol. The van der Waals surface area contributed by atoms with Crippen LogP contribution in [0.1, 0.15) is 19.3 Å². The number of carbonyl (C=O) groups excluding carboxylic acids is 2. The van der Waals surface area contributed by atoms with Crippen molar-refractivity contribution in [1.82, 2.24) is 0 Å². The largest absolute Gasteiger partial charge is 0.291 e. The quantitative estimate of drug-likeness (QED) is 0.393. The molecule has 1 aliphatic rings. The number of hydrogen-bond acceptors (Lipinski definition) is 4. The van der Waals surface area contributed by atoms with Crippen LogP contribution in [0.4, 0.5) is 0 Å². The third-order valence-electron chi connectivity index (χ3n) is 1.59. The van der Waals surface area contributed by atoms with E-state index >= 15 is 0 Å². The highest BCUT2D eigenvalue weighted by Crippen LogP contribution is 2.13. The van der Waals surface area contributed by atoms with Crippen LogP contribution in [0.25, 0.3) is 0 Å². The van der Waals surface area contributed by atoms with Gasteiger partial charge in [-0.3, -0.25) is 9.59 Å². The Morgan fingerprint density at radius 1 is 1.40 bits per heavy atom. The predicted molar refractivity (Wildman–Crippen MR) is 33.4 cm³/mol. The normalized spacial score (nSPS) is 26.6. The molecule has 1 unspecified atom stereocenters. The minimum absolute atomic E-state index is 0.283. The second-order valence-electron chi connectivity index (χ2n) is 2.30. The lowest BCUT2D eigenvalue weighted by Crippen LogP contribution is -2.31. The SMILES string of the molecule is O=NC1CCCC(=O)C1=O. The fourth-order valence-corrected chi connectivity index (χ4v) is 0.997. The van der Waals surface area contributed by atoms with E-state index in [2.05, 4.69) is 5.18 Å². The van der Waals surface area contributed by atoms with Gasteiger partial charge >= 0.3 is 0 Å². The molecule has 0 radical (unpaired) electrons. The first-order valence-corrected chi connectivity index (χ1v) is 3.15. The molecule has 0 saturated heterocycles. The van der Waals surface area contributed by atoms with Crippen molar-refractivity contribution in [3.8, 4) is 0 Å². The molecule has 0 spiro atoms. The lowest BCUT2D eigenvalue weighted by atomic mass is 9.94. The first-order valence-electron chi connectivity index (χ1n) is 3.15. The van der Waals surface area contributed by atoms with Gasteiger partial charge in [0.2, 0.25) is 11.6 Å². The maximum Gasteiger partial charge on any atom is 0.226 e. The predicted octanol–water partition coefficient (Wildman–Crippen LogP) is 0.444. The Kier molecular flexibility index (Phi) is 1.89. The van der Waals surface area contributed by atoms with Gasteiger partial charge in [0.1, 0.15) is 0 Å². The van der Waals surface area contributed by atoms with E-state index in [4.69, 9.17) is 0 Å². The number of Topliss-reactive ketones (excluding diaryl/α,β-unsaturated/α-hetero) is 2. The number of nitroso groups, excluding NO2 is 1. The van der Waals surface area contributed by atoms with E-state index in [9.17, 15) is 14.5 Å². The molecule has 4 heteroatoms. The lowest BCUT2D eigenvalue weighted by molar-refractivity contribution is -0.138. The molecule has 1 saturated carbocycles. The topological polar surface area (TPSA) is 63.6 Å². The molecule has 0 bridgehead atoms. The summed E-state index contributed by atoms with van der Waals surface area (Å²) < 4.78 is 0. The van der Waals surface area contributed by atoms with Crippen LogP contribution in [0.15, 0.2) is 5.18 Å². The molecular weight excluding hydrogens is 134 g/mol. The second kappa shape index (κ2) is 2.68. The molecule has 0 aromatic rings. The summed E-state index contributed by atoms with van der Waals surface area (Å²) >= 11 is 0. The number of ketones is 2. The van der Waals surface area contributed by atoms with Gasteiger partial charge in [0.05, 0.1) is 0 Å². The third kappa shape index (κ3) is 1.10. The number of carbonyl (C=O) groups is 2. The zero-order valence-corrected chi connectivity index (χ0v) is 5.37. The molecule has 0 N–H and O–H groups in total. The van der Waals surface area contributed by atoms with Crippen molar-refractivity contribution in [2.24, 2.45) is 5.18 Å². The molecule has 1 atom stereocenters. The van der Waals surface area contributed by atoms with Crippen LogP contribution >= 0.6 is 0 Å². The van der Waals surface area contributed by atoms with Crippen LogP contribution < -0.4 is 0 Å². The number of hydrogen-bond donors (Lipinski definition) is 0.